The van der Waals surface area contributed by atoms with Crippen LogP contribution in [0.25, 0.3) is 0 Å². The molecule has 1 saturated heterocycles. The maximum absolute atomic E-state index is 12.0. The number of carbonyl (C=O) groups is 2. The van der Waals surface area contributed by atoms with Crippen LogP contribution in [0, 0.1) is 0 Å². The molecule has 0 bridgehead atoms. The van der Waals surface area contributed by atoms with Gasteiger partial charge in [0.05, 0.1) is 6.04 Å². The largest absolute Gasteiger partial charge is 0.341 e. The van der Waals surface area contributed by atoms with Crippen molar-refractivity contribution in [3.8, 4) is 0 Å². The Hall–Kier alpha value is -1.29. The lowest BCUT2D eigenvalue weighted by molar-refractivity contribution is -0.112. The molecule has 0 saturated carbocycles. The van der Waals surface area contributed by atoms with Gasteiger partial charge in [-0.15, -0.1) is 0 Å². The fourth-order valence-corrected chi connectivity index (χ4v) is 2.82. The van der Waals surface area contributed by atoms with Crippen LogP contribution in [-0.4, -0.2) is 22.8 Å². The van der Waals surface area contributed by atoms with Crippen LogP contribution in [0.5, 0.6) is 0 Å². The van der Waals surface area contributed by atoms with Gasteiger partial charge in [-0.1, -0.05) is 37.7 Å². The average molecular weight is 263 g/mol. The van der Waals surface area contributed by atoms with E-state index in [0.717, 1.165) is 12.2 Å². The maximum Gasteiger partial charge on any atom is 0.251 e. The zero-order valence-electron chi connectivity index (χ0n) is 10.6. The summed E-state index contributed by atoms with van der Waals surface area (Å²) >= 11 is 1.30. The highest BCUT2D eigenvalue weighted by Crippen LogP contribution is 2.20. The number of benzene rings is 1. The third-order valence-corrected chi connectivity index (χ3v) is 4.09. The van der Waals surface area contributed by atoms with Crippen molar-refractivity contribution in [1.82, 2.24) is 5.32 Å². The summed E-state index contributed by atoms with van der Waals surface area (Å²) in [6.45, 7) is 4.23. The van der Waals surface area contributed by atoms with Crippen molar-refractivity contribution in [3.63, 3.8) is 0 Å². The molecule has 0 spiro atoms. The first-order valence-electron chi connectivity index (χ1n) is 6.15. The van der Waals surface area contributed by atoms with Crippen LogP contribution in [0.3, 0.4) is 0 Å². The van der Waals surface area contributed by atoms with Crippen LogP contribution in [0.2, 0.25) is 0 Å². The summed E-state index contributed by atoms with van der Waals surface area (Å²) in [5, 5.41) is 2.86. The fourth-order valence-electron chi connectivity index (χ4n) is 1.89. The third kappa shape index (κ3) is 2.93. The van der Waals surface area contributed by atoms with Gasteiger partial charge in [0.2, 0.25) is 5.12 Å². The number of amides is 1. The van der Waals surface area contributed by atoms with Crippen molar-refractivity contribution in [3.05, 3.63) is 35.4 Å². The Morgan fingerprint density at radius 2 is 2.00 bits per heavy atom. The summed E-state index contributed by atoms with van der Waals surface area (Å²) in [7, 11) is 0. The van der Waals surface area contributed by atoms with Gasteiger partial charge < -0.3 is 5.32 Å². The Bertz CT molecular complexity index is 453. The summed E-state index contributed by atoms with van der Waals surface area (Å²) in [6, 6.07) is 7.25. The molecule has 0 aliphatic carbocycles. The van der Waals surface area contributed by atoms with E-state index in [9.17, 15) is 9.59 Å². The highest BCUT2D eigenvalue weighted by Gasteiger charge is 2.26. The van der Waals surface area contributed by atoms with Crippen molar-refractivity contribution in [1.29, 1.82) is 0 Å². The summed E-state index contributed by atoms with van der Waals surface area (Å²) in [5.74, 6) is 1.09. The molecule has 18 heavy (non-hydrogen) atoms. The molecule has 0 unspecified atom stereocenters. The molecule has 1 aromatic carbocycles. The number of rotatable bonds is 3. The second kappa shape index (κ2) is 5.57. The Balaban J connectivity index is 2.02. The molecule has 1 aliphatic rings. The minimum Gasteiger partial charge on any atom is -0.341 e. The van der Waals surface area contributed by atoms with Crippen LogP contribution < -0.4 is 5.32 Å². The molecule has 4 heteroatoms. The van der Waals surface area contributed by atoms with Crippen molar-refractivity contribution in [2.24, 2.45) is 0 Å². The highest BCUT2D eigenvalue weighted by atomic mass is 32.2. The lowest BCUT2D eigenvalue weighted by atomic mass is 10.0. The summed E-state index contributed by atoms with van der Waals surface area (Å²) < 4.78 is 0. The van der Waals surface area contributed by atoms with Crippen molar-refractivity contribution < 1.29 is 9.59 Å². The predicted molar refractivity (Wildman–Crippen MR) is 73.9 cm³/mol. The van der Waals surface area contributed by atoms with E-state index in [1.807, 2.05) is 24.3 Å². The first kappa shape index (κ1) is 13.1. The average Bonchev–Trinajstić information content (AvgIpc) is 2.75. The monoisotopic (exact) mass is 263 g/mol. The third-order valence-electron chi connectivity index (χ3n) is 3.08. The second-order valence-electron chi connectivity index (χ2n) is 4.76. The predicted octanol–water partition coefficient (Wildman–Crippen LogP) is 2.57. The summed E-state index contributed by atoms with van der Waals surface area (Å²) in [6.07, 6.45) is 0.735. The van der Waals surface area contributed by atoms with Crippen LogP contribution in [0.4, 0.5) is 0 Å². The number of carbonyl (C=O) groups excluding carboxylic acids is 2. The molecule has 2 rings (SSSR count). The number of thioether (sulfide) groups is 1. The fraction of sp³-hybridized carbons (Fsp3) is 0.429. The van der Waals surface area contributed by atoms with Crippen molar-refractivity contribution in [2.75, 3.05) is 5.75 Å². The maximum atomic E-state index is 12.0. The summed E-state index contributed by atoms with van der Waals surface area (Å²) in [5.41, 5.74) is 1.82. The second-order valence-corrected chi connectivity index (χ2v) is 5.86. The molecular weight excluding hydrogens is 246 g/mol. The van der Waals surface area contributed by atoms with Gasteiger partial charge in [0.25, 0.3) is 5.91 Å². The van der Waals surface area contributed by atoms with E-state index in [-0.39, 0.29) is 17.1 Å². The molecule has 0 aromatic heterocycles. The Morgan fingerprint density at radius 3 is 2.50 bits per heavy atom. The Labute approximate surface area is 111 Å². The van der Waals surface area contributed by atoms with E-state index in [4.69, 9.17) is 0 Å². The molecule has 96 valence electrons. The number of hydrogen-bond acceptors (Lipinski definition) is 3. The summed E-state index contributed by atoms with van der Waals surface area (Å²) in [4.78, 5) is 23.4. The van der Waals surface area contributed by atoms with Gasteiger partial charge in [-0.25, -0.2) is 0 Å². The lowest BCUT2D eigenvalue weighted by Crippen LogP contribution is -2.37. The van der Waals surface area contributed by atoms with Crippen LogP contribution in [0.1, 0.15) is 42.1 Å². The van der Waals surface area contributed by atoms with E-state index in [0.29, 0.717) is 11.5 Å². The zero-order valence-corrected chi connectivity index (χ0v) is 11.4. The molecule has 0 radical (unpaired) electrons. The minimum absolute atomic E-state index is 0.0714. The van der Waals surface area contributed by atoms with Crippen molar-refractivity contribution in [2.45, 2.75) is 32.2 Å². The molecule has 1 heterocycles. The molecule has 1 atom stereocenters. The molecule has 1 aromatic rings. The van der Waals surface area contributed by atoms with Gasteiger partial charge in [-0.3, -0.25) is 9.59 Å². The quantitative estimate of drug-likeness (QED) is 0.911. The molecular formula is C14H17NO2S. The van der Waals surface area contributed by atoms with E-state index in [2.05, 4.69) is 19.2 Å². The lowest BCUT2D eigenvalue weighted by Gasteiger charge is -2.11. The normalized spacial score (nSPS) is 19.3. The van der Waals surface area contributed by atoms with Gasteiger partial charge >= 0.3 is 0 Å². The zero-order chi connectivity index (χ0) is 13.1. The molecule has 1 N–H and O–H groups in total. The molecule has 1 fully saturated rings. The van der Waals surface area contributed by atoms with Gasteiger partial charge in [0.15, 0.2) is 0 Å². The van der Waals surface area contributed by atoms with Crippen LogP contribution in [0.15, 0.2) is 24.3 Å². The van der Waals surface area contributed by atoms with Crippen LogP contribution >= 0.6 is 11.8 Å². The highest BCUT2D eigenvalue weighted by molar-refractivity contribution is 8.14. The van der Waals surface area contributed by atoms with Crippen LogP contribution in [-0.2, 0) is 4.79 Å². The Morgan fingerprint density at radius 1 is 1.33 bits per heavy atom. The molecule has 1 aliphatic heterocycles. The standard InChI is InChI=1S/C14H17NO2S/c1-9(2)10-3-5-11(6-4-10)13(16)15-12-7-8-18-14(12)17/h3-6,9,12H,7-8H2,1-2H3,(H,15,16)/t12-/m1/s1. The van der Waals surface area contributed by atoms with E-state index < -0.39 is 0 Å². The van der Waals surface area contributed by atoms with E-state index >= 15 is 0 Å². The van der Waals surface area contributed by atoms with Gasteiger partial charge in [-0.2, -0.15) is 0 Å². The SMILES string of the molecule is CC(C)c1ccc(C(=O)N[C@@H]2CCSC2=O)cc1. The first-order chi connectivity index (χ1) is 8.58. The first-order valence-corrected chi connectivity index (χ1v) is 7.14. The number of nitrogens with one attached hydrogen (secondary N) is 1. The van der Waals surface area contributed by atoms with Gasteiger partial charge in [-0.05, 0) is 30.0 Å². The molecule has 1 amide bonds. The minimum atomic E-state index is -0.313. The van der Waals surface area contributed by atoms with E-state index in [1.165, 1.54) is 17.3 Å². The van der Waals surface area contributed by atoms with Gasteiger partial charge in [0.1, 0.15) is 0 Å². The van der Waals surface area contributed by atoms with Gasteiger partial charge in [0, 0.05) is 11.3 Å². The number of hydrogen-bond donors (Lipinski definition) is 1. The molecule has 3 nitrogen and oxygen atoms in total. The van der Waals surface area contributed by atoms with Crippen molar-refractivity contribution >= 4 is 22.8 Å². The van der Waals surface area contributed by atoms with E-state index in [1.54, 1.807) is 0 Å². The topological polar surface area (TPSA) is 46.2 Å². The Kier molecular flexibility index (Phi) is 4.07. The smallest absolute Gasteiger partial charge is 0.251 e.